The number of hydrogen-bond acceptors (Lipinski definition) is 4. The molecule has 46 valence electrons. The minimum absolute atomic E-state index is 0.107. The molecule has 0 aliphatic heterocycles. The Morgan fingerprint density at radius 1 is 1.75 bits per heavy atom. The van der Waals surface area contributed by atoms with Crippen molar-refractivity contribution in [1.29, 1.82) is 0 Å². The van der Waals surface area contributed by atoms with Crippen LogP contribution < -0.4 is 5.73 Å². The van der Waals surface area contributed by atoms with Crippen molar-refractivity contribution < 1.29 is 14.3 Å². The summed E-state index contributed by atoms with van der Waals surface area (Å²) in [4.78, 5) is 19.4. The van der Waals surface area contributed by atoms with Gasteiger partial charge >= 0.3 is 5.97 Å². The zero-order valence-corrected chi connectivity index (χ0v) is 4.29. The molecular formula is C4H7NO3. The molecule has 0 atom stereocenters. The second-order valence-electron chi connectivity index (χ2n) is 1.07. The number of carbonyl (C=O) groups excluding carboxylic acids is 2. The molecule has 0 saturated heterocycles. The number of rotatable bonds is 3. The molecule has 0 saturated carbocycles. The number of hydrogen-bond donors (Lipinski definition) is 1. The van der Waals surface area contributed by atoms with Crippen LogP contribution in [0.4, 0.5) is 0 Å². The van der Waals surface area contributed by atoms with Gasteiger partial charge in [-0.2, -0.15) is 0 Å². The Hall–Kier alpha value is -0.900. The van der Waals surface area contributed by atoms with E-state index in [2.05, 4.69) is 4.74 Å². The van der Waals surface area contributed by atoms with Gasteiger partial charge in [0.15, 0.2) is 0 Å². The summed E-state index contributed by atoms with van der Waals surface area (Å²) >= 11 is 0. The zero-order valence-electron chi connectivity index (χ0n) is 4.29. The van der Waals surface area contributed by atoms with Crippen LogP contribution in [0.2, 0.25) is 0 Å². The molecule has 0 rings (SSSR count). The van der Waals surface area contributed by atoms with E-state index in [1.807, 2.05) is 0 Å². The van der Waals surface area contributed by atoms with Crippen LogP contribution in [0.3, 0.4) is 0 Å². The van der Waals surface area contributed by atoms with E-state index in [-0.39, 0.29) is 19.4 Å². The summed E-state index contributed by atoms with van der Waals surface area (Å²) in [5, 5.41) is 0. The third-order valence-corrected chi connectivity index (χ3v) is 0.458. The Kier molecular flexibility index (Phi) is 3.78. The number of esters is 1. The molecule has 4 heteroatoms. The van der Waals surface area contributed by atoms with Crippen LogP contribution in [0, 0.1) is 0 Å². The average Bonchev–Trinajstić information content (AvgIpc) is 1.83. The van der Waals surface area contributed by atoms with Crippen LogP contribution in [-0.2, 0) is 14.3 Å². The maximum absolute atomic E-state index is 9.92. The summed E-state index contributed by atoms with van der Waals surface area (Å²) in [6, 6.07) is 0. The highest BCUT2D eigenvalue weighted by Gasteiger charge is 1.94. The molecule has 0 aromatic carbocycles. The fourth-order valence-corrected chi connectivity index (χ4v) is 0.194. The predicted octanol–water partition coefficient (Wildman–Crippen LogP) is -1.31. The van der Waals surface area contributed by atoms with Gasteiger partial charge < -0.3 is 10.5 Å². The molecule has 0 aromatic rings. The lowest BCUT2D eigenvalue weighted by Gasteiger charge is -1.93. The summed E-state index contributed by atoms with van der Waals surface area (Å²) in [7, 11) is 0. The monoisotopic (exact) mass is 117 g/mol. The molecule has 0 bridgehead atoms. The van der Waals surface area contributed by atoms with E-state index in [1.54, 1.807) is 0 Å². The van der Waals surface area contributed by atoms with Gasteiger partial charge in [0.25, 0.3) is 0 Å². The third kappa shape index (κ3) is 3.30. The molecule has 0 radical (unpaired) electrons. The summed E-state index contributed by atoms with van der Waals surface area (Å²) in [6.45, 7) is 0.358. The molecule has 2 N–H and O–H groups in total. The van der Waals surface area contributed by atoms with Crippen molar-refractivity contribution in [3.05, 3.63) is 0 Å². The second-order valence-corrected chi connectivity index (χ2v) is 1.07. The second kappa shape index (κ2) is 4.26. The standard InChI is InChI=1S/C4H7NO3/c5-1-2-8-4(7)3-6/h3H,1-2,5H2. The van der Waals surface area contributed by atoms with Gasteiger partial charge in [-0.1, -0.05) is 0 Å². The minimum atomic E-state index is -0.865. The Labute approximate surface area is 46.6 Å². The van der Waals surface area contributed by atoms with Gasteiger partial charge in [-0.25, -0.2) is 4.79 Å². The van der Waals surface area contributed by atoms with Gasteiger partial charge in [0.2, 0.25) is 6.29 Å². The Morgan fingerprint density at radius 3 is 2.75 bits per heavy atom. The minimum Gasteiger partial charge on any atom is -0.459 e. The number of aldehydes is 1. The summed E-state index contributed by atoms with van der Waals surface area (Å²) < 4.78 is 4.21. The van der Waals surface area contributed by atoms with E-state index in [1.165, 1.54) is 0 Å². The van der Waals surface area contributed by atoms with Gasteiger partial charge in [-0.05, 0) is 0 Å². The molecule has 0 spiro atoms. The number of ether oxygens (including phenoxy) is 1. The highest BCUT2D eigenvalue weighted by molar-refractivity contribution is 6.20. The van der Waals surface area contributed by atoms with Crippen molar-refractivity contribution in [2.75, 3.05) is 13.2 Å². The quantitative estimate of drug-likeness (QED) is 0.283. The number of nitrogens with two attached hydrogens (primary N) is 1. The number of carbonyl (C=O) groups is 2. The van der Waals surface area contributed by atoms with Crippen LogP contribution in [0.5, 0.6) is 0 Å². The van der Waals surface area contributed by atoms with Gasteiger partial charge in [0, 0.05) is 6.54 Å². The van der Waals surface area contributed by atoms with E-state index in [9.17, 15) is 9.59 Å². The molecule has 0 aliphatic carbocycles. The lowest BCUT2D eigenvalue weighted by molar-refractivity contribution is -0.148. The van der Waals surface area contributed by atoms with Gasteiger partial charge in [-0.3, -0.25) is 4.79 Å². The molecule has 0 fully saturated rings. The first-order chi connectivity index (χ1) is 3.81. The van der Waals surface area contributed by atoms with Crippen molar-refractivity contribution in [2.45, 2.75) is 0 Å². The SMILES string of the molecule is NCCOC(=O)C=O. The molecule has 4 nitrogen and oxygen atoms in total. The lowest BCUT2D eigenvalue weighted by Crippen LogP contribution is -2.13. The molecule has 8 heavy (non-hydrogen) atoms. The van der Waals surface area contributed by atoms with Crippen LogP contribution in [0.1, 0.15) is 0 Å². The van der Waals surface area contributed by atoms with Crippen LogP contribution in [0.25, 0.3) is 0 Å². The van der Waals surface area contributed by atoms with Crippen LogP contribution >= 0.6 is 0 Å². The van der Waals surface area contributed by atoms with E-state index < -0.39 is 5.97 Å². The van der Waals surface area contributed by atoms with Crippen molar-refractivity contribution in [3.8, 4) is 0 Å². The Morgan fingerprint density at radius 2 is 2.38 bits per heavy atom. The highest BCUT2D eigenvalue weighted by Crippen LogP contribution is 1.68. The van der Waals surface area contributed by atoms with Gasteiger partial charge in [0.05, 0.1) is 0 Å². The first-order valence-electron chi connectivity index (χ1n) is 2.13. The molecular weight excluding hydrogens is 110 g/mol. The van der Waals surface area contributed by atoms with Crippen molar-refractivity contribution in [1.82, 2.24) is 0 Å². The zero-order chi connectivity index (χ0) is 6.41. The Balaban J connectivity index is 3.11. The van der Waals surface area contributed by atoms with Gasteiger partial charge in [-0.15, -0.1) is 0 Å². The maximum Gasteiger partial charge on any atom is 0.371 e. The third-order valence-electron chi connectivity index (χ3n) is 0.458. The molecule has 0 amide bonds. The Bertz CT molecular complexity index is 91.3. The van der Waals surface area contributed by atoms with Crippen molar-refractivity contribution >= 4 is 12.3 Å². The normalized spacial score (nSPS) is 8.12. The van der Waals surface area contributed by atoms with E-state index in [0.717, 1.165) is 0 Å². The first kappa shape index (κ1) is 7.10. The molecule has 0 aromatic heterocycles. The summed E-state index contributed by atoms with van der Waals surface area (Å²) in [5.41, 5.74) is 4.94. The predicted molar refractivity (Wildman–Crippen MR) is 26.1 cm³/mol. The fraction of sp³-hybridized carbons (Fsp3) is 0.500. The molecule has 0 heterocycles. The molecule has 0 unspecified atom stereocenters. The van der Waals surface area contributed by atoms with Crippen molar-refractivity contribution in [3.63, 3.8) is 0 Å². The molecule has 0 aliphatic rings. The topological polar surface area (TPSA) is 69.4 Å². The highest BCUT2D eigenvalue weighted by atomic mass is 16.5. The first-order valence-corrected chi connectivity index (χ1v) is 2.13. The summed E-state index contributed by atoms with van der Waals surface area (Å²) in [5.74, 6) is -0.865. The van der Waals surface area contributed by atoms with Crippen LogP contribution in [0.15, 0.2) is 0 Å². The maximum atomic E-state index is 9.92. The van der Waals surface area contributed by atoms with Gasteiger partial charge in [0.1, 0.15) is 6.61 Å². The average molecular weight is 117 g/mol. The van der Waals surface area contributed by atoms with Crippen LogP contribution in [-0.4, -0.2) is 25.4 Å². The fourth-order valence-electron chi connectivity index (χ4n) is 0.194. The lowest BCUT2D eigenvalue weighted by atomic mass is 10.7. The van der Waals surface area contributed by atoms with Crippen molar-refractivity contribution in [2.24, 2.45) is 5.73 Å². The largest absolute Gasteiger partial charge is 0.459 e. The van der Waals surface area contributed by atoms with E-state index in [0.29, 0.717) is 0 Å². The van der Waals surface area contributed by atoms with E-state index >= 15 is 0 Å². The summed E-state index contributed by atoms with van der Waals surface area (Å²) in [6.07, 6.45) is 0.107. The smallest absolute Gasteiger partial charge is 0.371 e. The van der Waals surface area contributed by atoms with E-state index in [4.69, 9.17) is 5.73 Å².